The standard InChI is InChI=1S/C17H21BrN4O3/c18-11-2-1-3-13(10-11)22-9-6-14(16(22)24)15(23)21-7-4-12(5-8-21)20-17(19)25/h1-3,10,12,14H,4-9H2,(H3,19,20,25)/t14-/m1/s1. The van der Waals surface area contributed by atoms with E-state index in [-0.39, 0.29) is 17.9 Å². The van der Waals surface area contributed by atoms with Crippen molar-refractivity contribution in [2.24, 2.45) is 11.7 Å². The fourth-order valence-corrected chi connectivity index (χ4v) is 3.86. The summed E-state index contributed by atoms with van der Waals surface area (Å²) in [6, 6.07) is 6.98. The molecule has 2 fully saturated rings. The molecule has 0 spiro atoms. The van der Waals surface area contributed by atoms with Gasteiger partial charge in [0, 0.05) is 35.8 Å². The molecule has 25 heavy (non-hydrogen) atoms. The van der Waals surface area contributed by atoms with Gasteiger partial charge < -0.3 is 20.9 Å². The summed E-state index contributed by atoms with van der Waals surface area (Å²) >= 11 is 3.41. The fraction of sp³-hybridized carbons (Fsp3) is 0.471. The minimum atomic E-state index is -0.611. The molecule has 0 saturated carbocycles. The van der Waals surface area contributed by atoms with Crippen LogP contribution in [0.1, 0.15) is 19.3 Å². The van der Waals surface area contributed by atoms with Gasteiger partial charge in [0.15, 0.2) is 0 Å². The van der Waals surface area contributed by atoms with Crippen LogP contribution >= 0.6 is 15.9 Å². The fourth-order valence-electron chi connectivity index (χ4n) is 3.48. The van der Waals surface area contributed by atoms with Gasteiger partial charge in [0.2, 0.25) is 11.8 Å². The lowest BCUT2D eigenvalue weighted by Crippen LogP contribution is -2.50. The average Bonchev–Trinajstić information content (AvgIpc) is 2.96. The first-order valence-electron chi connectivity index (χ1n) is 8.37. The number of benzene rings is 1. The summed E-state index contributed by atoms with van der Waals surface area (Å²) in [6.07, 6.45) is 1.85. The first-order chi connectivity index (χ1) is 12.0. The molecule has 1 aromatic carbocycles. The number of primary amides is 1. The molecule has 3 N–H and O–H groups in total. The highest BCUT2D eigenvalue weighted by Crippen LogP contribution is 2.29. The third-order valence-electron chi connectivity index (χ3n) is 4.78. The highest BCUT2D eigenvalue weighted by molar-refractivity contribution is 9.10. The van der Waals surface area contributed by atoms with Crippen LogP contribution in [-0.2, 0) is 9.59 Å². The second kappa shape index (κ2) is 7.43. The Bertz CT molecular complexity index is 688. The van der Waals surface area contributed by atoms with Gasteiger partial charge in [-0.2, -0.15) is 0 Å². The van der Waals surface area contributed by atoms with Crippen molar-refractivity contribution >= 4 is 39.5 Å². The third kappa shape index (κ3) is 3.95. The SMILES string of the molecule is NC(=O)NC1CCN(C(=O)[C@H]2CCN(c3cccc(Br)c3)C2=O)CC1. The number of carbonyl (C=O) groups is 3. The Balaban J connectivity index is 1.60. The van der Waals surface area contributed by atoms with Crippen molar-refractivity contribution in [2.45, 2.75) is 25.3 Å². The van der Waals surface area contributed by atoms with Crippen LogP contribution in [0.25, 0.3) is 0 Å². The van der Waals surface area contributed by atoms with Crippen LogP contribution in [0.15, 0.2) is 28.7 Å². The van der Waals surface area contributed by atoms with Crippen molar-refractivity contribution in [1.82, 2.24) is 10.2 Å². The van der Waals surface area contributed by atoms with Gasteiger partial charge >= 0.3 is 6.03 Å². The number of nitrogens with zero attached hydrogens (tertiary/aromatic N) is 2. The number of halogens is 1. The minimum absolute atomic E-state index is 0.000929. The van der Waals surface area contributed by atoms with Crippen LogP contribution in [0, 0.1) is 5.92 Å². The van der Waals surface area contributed by atoms with Crippen LogP contribution in [0.3, 0.4) is 0 Å². The molecule has 0 aliphatic carbocycles. The molecular formula is C17H21BrN4O3. The normalized spacial score (nSPS) is 21.5. The minimum Gasteiger partial charge on any atom is -0.352 e. The van der Waals surface area contributed by atoms with Crippen molar-refractivity contribution in [3.8, 4) is 0 Å². The van der Waals surface area contributed by atoms with Gasteiger partial charge in [-0.25, -0.2) is 4.79 Å². The number of piperidine rings is 1. The number of nitrogens with two attached hydrogens (primary N) is 1. The monoisotopic (exact) mass is 408 g/mol. The molecule has 1 atom stereocenters. The van der Waals surface area contributed by atoms with Gasteiger partial charge in [0.25, 0.3) is 0 Å². The Morgan fingerprint density at radius 2 is 1.88 bits per heavy atom. The van der Waals surface area contributed by atoms with Crippen LogP contribution in [0.4, 0.5) is 10.5 Å². The zero-order valence-corrected chi connectivity index (χ0v) is 15.4. The van der Waals surface area contributed by atoms with Gasteiger partial charge in [-0.15, -0.1) is 0 Å². The molecule has 4 amide bonds. The Morgan fingerprint density at radius 3 is 2.52 bits per heavy atom. The molecule has 0 aromatic heterocycles. The number of anilines is 1. The van der Waals surface area contributed by atoms with Crippen LogP contribution < -0.4 is 16.0 Å². The molecule has 2 heterocycles. The molecule has 0 unspecified atom stereocenters. The molecule has 2 saturated heterocycles. The van der Waals surface area contributed by atoms with E-state index in [1.165, 1.54) is 0 Å². The molecule has 7 nitrogen and oxygen atoms in total. The number of amides is 4. The maximum absolute atomic E-state index is 12.7. The molecule has 3 rings (SSSR count). The molecule has 0 radical (unpaired) electrons. The van der Waals surface area contributed by atoms with Crippen molar-refractivity contribution < 1.29 is 14.4 Å². The summed E-state index contributed by atoms with van der Waals surface area (Å²) in [4.78, 5) is 39.8. The number of urea groups is 1. The summed E-state index contributed by atoms with van der Waals surface area (Å²) in [5, 5.41) is 2.67. The van der Waals surface area contributed by atoms with Crippen molar-refractivity contribution in [3.63, 3.8) is 0 Å². The summed E-state index contributed by atoms with van der Waals surface area (Å²) in [5.41, 5.74) is 5.94. The second-order valence-corrected chi connectivity index (χ2v) is 7.33. The van der Waals surface area contributed by atoms with Gasteiger partial charge in [0.05, 0.1) is 0 Å². The van der Waals surface area contributed by atoms with Crippen LogP contribution in [0.5, 0.6) is 0 Å². The number of rotatable bonds is 3. The zero-order valence-electron chi connectivity index (χ0n) is 13.8. The second-order valence-electron chi connectivity index (χ2n) is 6.42. The molecule has 134 valence electrons. The predicted octanol–water partition coefficient (Wildman–Crippen LogP) is 1.46. The third-order valence-corrected chi connectivity index (χ3v) is 5.27. The lowest BCUT2D eigenvalue weighted by atomic mass is 10.0. The van der Waals surface area contributed by atoms with E-state index in [1.807, 2.05) is 24.3 Å². The predicted molar refractivity (Wildman–Crippen MR) is 96.9 cm³/mol. The number of likely N-dealkylation sites (tertiary alicyclic amines) is 1. The van der Waals surface area contributed by atoms with Crippen molar-refractivity contribution in [3.05, 3.63) is 28.7 Å². The lowest BCUT2D eigenvalue weighted by molar-refractivity contribution is -0.140. The van der Waals surface area contributed by atoms with Crippen LogP contribution in [-0.4, -0.2) is 48.4 Å². The smallest absolute Gasteiger partial charge is 0.312 e. The number of hydrogen-bond acceptors (Lipinski definition) is 3. The molecule has 1 aromatic rings. The summed E-state index contributed by atoms with van der Waals surface area (Å²) in [6.45, 7) is 1.61. The van der Waals surface area contributed by atoms with Gasteiger partial charge in [-0.3, -0.25) is 9.59 Å². The highest BCUT2D eigenvalue weighted by atomic mass is 79.9. The van der Waals surface area contributed by atoms with E-state index in [0.29, 0.717) is 38.9 Å². The number of hydrogen-bond donors (Lipinski definition) is 2. The highest BCUT2D eigenvalue weighted by Gasteiger charge is 2.40. The molecule has 2 aliphatic heterocycles. The largest absolute Gasteiger partial charge is 0.352 e. The van der Waals surface area contributed by atoms with Crippen molar-refractivity contribution in [2.75, 3.05) is 24.5 Å². The van der Waals surface area contributed by atoms with Crippen LogP contribution in [0.2, 0.25) is 0 Å². The Labute approximate surface area is 154 Å². The van der Waals surface area contributed by atoms with Crippen molar-refractivity contribution in [1.29, 1.82) is 0 Å². The zero-order chi connectivity index (χ0) is 18.0. The van der Waals surface area contributed by atoms with E-state index in [1.54, 1.807) is 9.80 Å². The van der Waals surface area contributed by atoms with E-state index >= 15 is 0 Å². The Morgan fingerprint density at radius 1 is 1.16 bits per heavy atom. The summed E-state index contributed by atoms with van der Waals surface area (Å²) in [7, 11) is 0. The number of carbonyl (C=O) groups excluding carboxylic acids is 3. The molecule has 8 heteroatoms. The Kier molecular flexibility index (Phi) is 5.27. The maximum atomic E-state index is 12.7. The molecular weight excluding hydrogens is 388 g/mol. The first kappa shape index (κ1) is 17.7. The summed E-state index contributed by atoms with van der Waals surface area (Å²) < 4.78 is 0.900. The Hall–Kier alpha value is -2.09. The van der Waals surface area contributed by atoms with E-state index in [2.05, 4.69) is 21.2 Å². The molecule has 2 aliphatic rings. The summed E-state index contributed by atoms with van der Waals surface area (Å²) in [5.74, 6) is -0.861. The lowest BCUT2D eigenvalue weighted by Gasteiger charge is -2.33. The average molecular weight is 409 g/mol. The quantitative estimate of drug-likeness (QED) is 0.740. The van der Waals surface area contributed by atoms with E-state index < -0.39 is 11.9 Å². The number of nitrogens with one attached hydrogen (secondary N) is 1. The van der Waals surface area contributed by atoms with Gasteiger partial charge in [-0.1, -0.05) is 22.0 Å². The topological polar surface area (TPSA) is 95.7 Å². The van der Waals surface area contributed by atoms with Gasteiger partial charge in [0.1, 0.15) is 5.92 Å². The van der Waals surface area contributed by atoms with E-state index in [0.717, 1.165) is 10.2 Å². The molecule has 0 bridgehead atoms. The van der Waals surface area contributed by atoms with E-state index in [9.17, 15) is 14.4 Å². The van der Waals surface area contributed by atoms with Gasteiger partial charge in [-0.05, 0) is 37.5 Å². The first-order valence-corrected chi connectivity index (χ1v) is 9.16. The van der Waals surface area contributed by atoms with E-state index in [4.69, 9.17) is 5.73 Å². The maximum Gasteiger partial charge on any atom is 0.312 e.